The van der Waals surface area contributed by atoms with E-state index in [1.54, 1.807) is 36.7 Å². The maximum atomic E-state index is 12.7. The number of benzene rings is 2. The van der Waals surface area contributed by atoms with Crippen molar-refractivity contribution in [3.05, 3.63) is 81.6 Å². The molecule has 3 rings (SSSR count). The number of nitrogens with one attached hydrogen (secondary N) is 1. The summed E-state index contributed by atoms with van der Waals surface area (Å²) in [6.07, 6.45) is 3.97. The molecule has 1 heterocycles. The Morgan fingerprint density at radius 3 is 2.70 bits per heavy atom. The molecule has 4 nitrogen and oxygen atoms in total. The standard InChI is InChI=1S/C22H18Cl3N3OS/c1-2-20(22(29)28-16-8-9-18(23)19(24)12-16)30-17-7-3-6-15(11-17)27-13-14-5-4-10-26-21(14)25/h3-13,20H,2H2,1H3,(H,28,29). The third kappa shape index (κ3) is 6.22. The van der Waals surface area contributed by atoms with E-state index in [1.807, 2.05) is 37.3 Å². The number of nitrogens with zero attached hydrogens (tertiary/aromatic N) is 2. The molecule has 3 aromatic rings. The fourth-order valence-corrected chi connectivity index (χ4v) is 4.03. The molecule has 0 radical (unpaired) electrons. The van der Waals surface area contributed by atoms with E-state index in [-0.39, 0.29) is 11.2 Å². The highest BCUT2D eigenvalue weighted by Crippen LogP contribution is 2.30. The summed E-state index contributed by atoms with van der Waals surface area (Å²) in [4.78, 5) is 22.2. The predicted octanol–water partition coefficient (Wildman–Crippen LogP) is 7.30. The number of hydrogen-bond acceptors (Lipinski definition) is 4. The summed E-state index contributed by atoms with van der Waals surface area (Å²) in [5.41, 5.74) is 2.12. The average Bonchev–Trinajstić information content (AvgIpc) is 2.74. The van der Waals surface area contributed by atoms with Crippen molar-refractivity contribution in [2.24, 2.45) is 4.99 Å². The number of aliphatic imine (C=N–C) groups is 1. The topological polar surface area (TPSA) is 54.4 Å². The molecule has 8 heteroatoms. The van der Waals surface area contributed by atoms with Crippen molar-refractivity contribution in [2.45, 2.75) is 23.5 Å². The van der Waals surface area contributed by atoms with Gasteiger partial charge in [-0.2, -0.15) is 0 Å². The van der Waals surface area contributed by atoms with Gasteiger partial charge in [-0.25, -0.2) is 4.98 Å². The van der Waals surface area contributed by atoms with E-state index < -0.39 is 0 Å². The zero-order chi connectivity index (χ0) is 21.5. The Balaban J connectivity index is 1.69. The van der Waals surface area contributed by atoms with Crippen LogP contribution in [-0.2, 0) is 4.79 Å². The van der Waals surface area contributed by atoms with Crippen LogP contribution in [0.15, 0.2) is 70.7 Å². The summed E-state index contributed by atoms with van der Waals surface area (Å²) in [5.74, 6) is -0.100. The summed E-state index contributed by atoms with van der Waals surface area (Å²) in [6.45, 7) is 1.97. The molecule has 1 amide bonds. The number of halogens is 3. The molecule has 154 valence electrons. The molecule has 0 spiro atoms. The Morgan fingerprint density at radius 1 is 1.13 bits per heavy atom. The molecule has 0 bridgehead atoms. The van der Waals surface area contributed by atoms with Crippen LogP contribution < -0.4 is 5.32 Å². The molecule has 0 saturated heterocycles. The largest absolute Gasteiger partial charge is 0.325 e. The Labute approximate surface area is 194 Å². The minimum atomic E-state index is -0.272. The van der Waals surface area contributed by atoms with Crippen LogP contribution in [0.25, 0.3) is 0 Å². The lowest BCUT2D eigenvalue weighted by molar-refractivity contribution is -0.115. The zero-order valence-corrected chi connectivity index (χ0v) is 19.1. The summed E-state index contributed by atoms with van der Waals surface area (Å²) in [6, 6.07) is 16.3. The van der Waals surface area contributed by atoms with Gasteiger partial charge in [-0.05, 0) is 55.0 Å². The average molecular weight is 479 g/mol. The minimum Gasteiger partial charge on any atom is -0.325 e. The summed E-state index contributed by atoms with van der Waals surface area (Å²) in [5, 5.41) is 3.87. The summed E-state index contributed by atoms with van der Waals surface area (Å²) < 4.78 is 0. The third-order valence-electron chi connectivity index (χ3n) is 4.09. The first-order valence-corrected chi connectivity index (χ1v) is 11.1. The Bertz CT molecular complexity index is 1070. The summed E-state index contributed by atoms with van der Waals surface area (Å²) in [7, 11) is 0. The van der Waals surface area contributed by atoms with E-state index in [1.165, 1.54) is 11.8 Å². The monoisotopic (exact) mass is 477 g/mol. The van der Waals surface area contributed by atoms with E-state index in [2.05, 4.69) is 15.3 Å². The SMILES string of the molecule is CCC(Sc1cccc(N=Cc2cccnc2Cl)c1)C(=O)Nc1ccc(Cl)c(Cl)c1. The first kappa shape index (κ1) is 22.6. The van der Waals surface area contributed by atoms with Gasteiger partial charge in [-0.1, -0.05) is 47.8 Å². The quantitative estimate of drug-likeness (QED) is 0.220. The first-order chi connectivity index (χ1) is 14.5. The molecule has 0 fully saturated rings. The van der Waals surface area contributed by atoms with Gasteiger partial charge in [0.2, 0.25) is 5.91 Å². The lowest BCUT2D eigenvalue weighted by Gasteiger charge is -2.15. The van der Waals surface area contributed by atoms with Crippen LogP contribution in [0.5, 0.6) is 0 Å². The van der Waals surface area contributed by atoms with Crippen LogP contribution in [0, 0.1) is 0 Å². The Hall–Kier alpha value is -2.05. The Morgan fingerprint density at radius 2 is 1.97 bits per heavy atom. The zero-order valence-electron chi connectivity index (χ0n) is 16.0. The maximum absolute atomic E-state index is 12.7. The van der Waals surface area contributed by atoms with E-state index in [4.69, 9.17) is 34.8 Å². The molecule has 1 N–H and O–H groups in total. The van der Waals surface area contributed by atoms with Crippen molar-refractivity contribution in [1.29, 1.82) is 0 Å². The van der Waals surface area contributed by atoms with Gasteiger partial charge >= 0.3 is 0 Å². The van der Waals surface area contributed by atoms with E-state index in [0.29, 0.717) is 27.3 Å². The van der Waals surface area contributed by atoms with Crippen molar-refractivity contribution in [2.75, 3.05) is 5.32 Å². The molecular formula is C22H18Cl3N3OS. The lowest BCUT2D eigenvalue weighted by atomic mass is 10.2. The van der Waals surface area contributed by atoms with Gasteiger partial charge in [0.05, 0.1) is 21.0 Å². The van der Waals surface area contributed by atoms with Crippen LogP contribution >= 0.6 is 46.6 Å². The van der Waals surface area contributed by atoms with Crippen molar-refractivity contribution in [1.82, 2.24) is 4.98 Å². The fourth-order valence-electron chi connectivity index (χ4n) is 2.56. The van der Waals surface area contributed by atoms with Crippen molar-refractivity contribution >= 4 is 70.1 Å². The second kappa shape index (κ2) is 10.8. The van der Waals surface area contributed by atoms with Crippen molar-refractivity contribution in [3.63, 3.8) is 0 Å². The molecule has 1 unspecified atom stereocenters. The molecule has 0 saturated carbocycles. The highest BCUT2D eigenvalue weighted by molar-refractivity contribution is 8.00. The van der Waals surface area contributed by atoms with Gasteiger partial charge in [-0.3, -0.25) is 9.79 Å². The van der Waals surface area contributed by atoms with Gasteiger partial charge in [0.1, 0.15) is 5.15 Å². The van der Waals surface area contributed by atoms with Gasteiger partial charge in [0.25, 0.3) is 0 Å². The van der Waals surface area contributed by atoms with Gasteiger partial charge in [0, 0.05) is 28.6 Å². The van der Waals surface area contributed by atoms with Crippen LogP contribution in [0.3, 0.4) is 0 Å². The molecule has 0 aliphatic heterocycles. The number of thioether (sulfide) groups is 1. The van der Waals surface area contributed by atoms with Crippen LogP contribution in [0.1, 0.15) is 18.9 Å². The number of aromatic nitrogens is 1. The molecular weight excluding hydrogens is 461 g/mol. The van der Waals surface area contributed by atoms with E-state index in [0.717, 1.165) is 16.1 Å². The number of carbonyl (C=O) groups excluding carboxylic acids is 1. The van der Waals surface area contributed by atoms with Gasteiger partial charge < -0.3 is 5.32 Å². The van der Waals surface area contributed by atoms with Crippen molar-refractivity contribution in [3.8, 4) is 0 Å². The predicted molar refractivity (Wildman–Crippen MR) is 128 cm³/mol. The van der Waals surface area contributed by atoms with Crippen LogP contribution in [-0.4, -0.2) is 22.4 Å². The van der Waals surface area contributed by atoms with Gasteiger partial charge in [0.15, 0.2) is 0 Å². The Kier molecular flexibility index (Phi) is 8.16. The van der Waals surface area contributed by atoms with Crippen LogP contribution in [0.4, 0.5) is 11.4 Å². The smallest absolute Gasteiger partial charge is 0.237 e. The number of pyridine rings is 1. The highest BCUT2D eigenvalue weighted by atomic mass is 35.5. The van der Waals surface area contributed by atoms with E-state index >= 15 is 0 Å². The second-order valence-electron chi connectivity index (χ2n) is 6.27. The number of anilines is 1. The molecule has 0 aliphatic rings. The molecule has 1 atom stereocenters. The molecule has 1 aromatic heterocycles. The van der Waals surface area contributed by atoms with E-state index in [9.17, 15) is 4.79 Å². The fraction of sp³-hybridized carbons (Fsp3) is 0.136. The highest BCUT2D eigenvalue weighted by Gasteiger charge is 2.18. The molecule has 0 aliphatic carbocycles. The maximum Gasteiger partial charge on any atom is 0.237 e. The molecule has 30 heavy (non-hydrogen) atoms. The molecule has 2 aromatic carbocycles. The van der Waals surface area contributed by atoms with Crippen LogP contribution in [0.2, 0.25) is 15.2 Å². The lowest BCUT2D eigenvalue weighted by Crippen LogP contribution is -2.24. The van der Waals surface area contributed by atoms with Crippen molar-refractivity contribution < 1.29 is 4.79 Å². The first-order valence-electron chi connectivity index (χ1n) is 9.13. The van der Waals surface area contributed by atoms with Gasteiger partial charge in [-0.15, -0.1) is 11.8 Å². The summed E-state index contributed by atoms with van der Waals surface area (Å²) >= 11 is 19.5. The second-order valence-corrected chi connectivity index (χ2v) is 8.72. The number of rotatable bonds is 7. The number of carbonyl (C=O) groups is 1. The number of hydrogen-bond donors (Lipinski definition) is 1. The minimum absolute atomic E-state index is 0.100. The third-order valence-corrected chi connectivity index (χ3v) is 6.50. The number of amides is 1. The normalized spacial score (nSPS) is 12.1.